The number of ether oxygens (including phenoxy) is 2. The van der Waals surface area contributed by atoms with Crippen molar-refractivity contribution in [2.24, 2.45) is 5.92 Å². The molecular weight excluding hydrogens is 447 g/mol. The molecule has 1 saturated carbocycles. The first-order valence-corrected chi connectivity index (χ1v) is 10.8. The van der Waals surface area contributed by atoms with Gasteiger partial charge in [0.15, 0.2) is 6.10 Å². The zero-order valence-corrected chi connectivity index (χ0v) is 18.0. The number of nitrogens with zero attached hydrogens (tertiary/aromatic N) is 1. The van der Waals surface area contributed by atoms with Gasteiger partial charge in [-0.25, -0.2) is 0 Å². The molecule has 0 radical (unpaired) electrons. The Balaban J connectivity index is 1.90. The van der Waals surface area contributed by atoms with E-state index >= 15 is 0 Å². The Kier molecular flexibility index (Phi) is 10.4. The van der Waals surface area contributed by atoms with Crippen LogP contribution >= 0.6 is 0 Å². The summed E-state index contributed by atoms with van der Waals surface area (Å²) in [5.41, 5.74) is -0.848. The van der Waals surface area contributed by atoms with Crippen molar-refractivity contribution >= 4 is 5.97 Å². The van der Waals surface area contributed by atoms with Gasteiger partial charge < -0.3 is 19.4 Å². The molecule has 1 aromatic rings. The summed E-state index contributed by atoms with van der Waals surface area (Å²) >= 11 is 0. The van der Waals surface area contributed by atoms with Crippen LogP contribution in [0.4, 0.5) is 13.2 Å². The molecule has 0 amide bonds. The topological polar surface area (TPSA) is 108 Å². The summed E-state index contributed by atoms with van der Waals surface area (Å²) in [7, 11) is 0. The summed E-state index contributed by atoms with van der Waals surface area (Å²) in [4.78, 5) is 26.5. The largest absolute Gasteiger partial charge is 0.489 e. The van der Waals surface area contributed by atoms with Crippen molar-refractivity contribution in [3.05, 3.63) is 52.1 Å². The number of benzene rings is 1. The first-order chi connectivity index (χ1) is 15.6. The molecule has 184 valence electrons. The van der Waals surface area contributed by atoms with E-state index in [4.69, 9.17) is 9.47 Å². The van der Waals surface area contributed by atoms with Crippen molar-refractivity contribution < 1.29 is 42.5 Å². The molecule has 0 spiro atoms. The zero-order valence-electron chi connectivity index (χ0n) is 18.0. The number of esters is 1. The van der Waals surface area contributed by atoms with Crippen LogP contribution in [0.25, 0.3) is 0 Å². The molecule has 8 nitrogen and oxygen atoms in total. The predicted octanol–water partition coefficient (Wildman–Crippen LogP) is 4.48. The molecule has 0 bridgehead atoms. The van der Waals surface area contributed by atoms with Crippen molar-refractivity contribution in [3.63, 3.8) is 0 Å². The third-order valence-corrected chi connectivity index (χ3v) is 5.18. The van der Waals surface area contributed by atoms with Gasteiger partial charge in [0.25, 0.3) is 5.09 Å². The monoisotopic (exact) mass is 475 g/mol. The number of alkyl halides is 3. The Labute approximate surface area is 189 Å². The second-order valence-electron chi connectivity index (χ2n) is 7.78. The molecule has 1 aliphatic carbocycles. The zero-order chi connectivity index (χ0) is 24.3. The minimum Gasteiger partial charge on any atom is -0.489 e. The van der Waals surface area contributed by atoms with Crippen LogP contribution in [0.5, 0.6) is 5.75 Å². The van der Waals surface area contributed by atoms with Gasteiger partial charge in [-0.3, -0.25) is 4.79 Å². The lowest BCUT2D eigenvalue weighted by atomic mass is 10.0. The van der Waals surface area contributed by atoms with Crippen molar-refractivity contribution in [1.82, 2.24) is 0 Å². The molecule has 33 heavy (non-hydrogen) atoms. The molecule has 2 rings (SSSR count). The van der Waals surface area contributed by atoms with Gasteiger partial charge in [0.1, 0.15) is 12.4 Å². The molecule has 1 fully saturated rings. The summed E-state index contributed by atoms with van der Waals surface area (Å²) in [5, 5.41) is 19.2. The second-order valence-corrected chi connectivity index (χ2v) is 7.78. The van der Waals surface area contributed by atoms with Gasteiger partial charge in [-0.05, 0) is 50.0 Å². The highest BCUT2D eigenvalue weighted by Crippen LogP contribution is 2.31. The second kappa shape index (κ2) is 13.0. The molecule has 1 aromatic carbocycles. The third-order valence-electron chi connectivity index (χ3n) is 5.18. The molecular formula is C22H28F3NO7. The Morgan fingerprint density at radius 3 is 2.73 bits per heavy atom. The SMILES string of the molecule is O=C(CCCCCO[N+](=O)[O-])OC(/C=C/C1CCCC1O)COc1cccc(C(F)(F)F)c1. The molecule has 0 aliphatic heterocycles. The lowest BCUT2D eigenvalue weighted by Gasteiger charge is -2.17. The van der Waals surface area contributed by atoms with E-state index in [9.17, 15) is 33.2 Å². The first kappa shape index (κ1) is 26.4. The van der Waals surface area contributed by atoms with Gasteiger partial charge in [-0.2, -0.15) is 13.2 Å². The highest BCUT2D eigenvalue weighted by atomic mass is 19.4. The number of aliphatic hydroxyl groups is 1. The Morgan fingerprint density at radius 1 is 1.27 bits per heavy atom. The third kappa shape index (κ3) is 10.1. The van der Waals surface area contributed by atoms with Crippen molar-refractivity contribution in [3.8, 4) is 5.75 Å². The van der Waals surface area contributed by atoms with Crippen LogP contribution in [0.1, 0.15) is 50.5 Å². The fraction of sp³-hybridized carbons (Fsp3) is 0.591. The van der Waals surface area contributed by atoms with Crippen molar-refractivity contribution in [2.45, 2.75) is 63.3 Å². The summed E-state index contributed by atoms with van der Waals surface area (Å²) in [6.07, 6.45) is 1.30. The Morgan fingerprint density at radius 2 is 2.06 bits per heavy atom. The van der Waals surface area contributed by atoms with Crippen LogP contribution < -0.4 is 4.74 Å². The number of hydrogen-bond acceptors (Lipinski definition) is 7. The highest BCUT2D eigenvalue weighted by molar-refractivity contribution is 5.69. The fourth-order valence-corrected chi connectivity index (χ4v) is 3.44. The smallest absolute Gasteiger partial charge is 0.416 e. The summed E-state index contributed by atoms with van der Waals surface area (Å²) in [6, 6.07) is 4.41. The maximum Gasteiger partial charge on any atom is 0.416 e. The Bertz CT molecular complexity index is 800. The molecule has 1 N–H and O–H groups in total. The van der Waals surface area contributed by atoms with Crippen LogP contribution in [0.3, 0.4) is 0 Å². The average molecular weight is 475 g/mol. The Hall–Kier alpha value is -2.82. The maximum absolute atomic E-state index is 12.9. The molecule has 0 heterocycles. The summed E-state index contributed by atoms with van der Waals surface area (Å²) in [5.74, 6) is -0.619. The van der Waals surface area contributed by atoms with Gasteiger partial charge in [0, 0.05) is 12.3 Å². The first-order valence-electron chi connectivity index (χ1n) is 10.8. The minimum absolute atomic E-state index is 0.00837. The predicted molar refractivity (Wildman–Crippen MR) is 111 cm³/mol. The molecule has 0 saturated heterocycles. The molecule has 0 aromatic heterocycles. The minimum atomic E-state index is -4.51. The normalized spacial score (nSPS) is 19.4. The standard InChI is InChI=1S/C22H28F3NO7/c23-22(24,25)17-7-5-8-18(14-17)31-15-19(12-11-16-6-4-9-20(16)27)33-21(28)10-2-1-3-13-32-26(29)30/h5,7-8,11-12,14,16,19-20,27H,1-4,6,9-10,13,15H2/b12-11+. The van der Waals surface area contributed by atoms with E-state index in [1.54, 1.807) is 12.2 Å². The van der Waals surface area contributed by atoms with E-state index in [0.29, 0.717) is 25.7 Å². The number of hydrogen-bond donors (Lipinski definition) is 1. The summed E-state index contributed by atoms with van der Waals surface area (Å²) in [6.45, 7) is -0.245. The van der Waals surface area contributed by atoms with E-state index in [-0.39, 0.29) is 31.3 Å². The van der Waals surface area contributed by atoms with Gasteiger partial charge in [0.2, 0.25) is 0 Å². The highest BCUT2D eigenvalue weighted by Gasteiger charge is 2.30. The van der Waals surface area contributed by atoms with Crippen LogP contribution in [-0.2, 0) is 20.5 Å². The lowest BCUT2D eigenvalue weighted by Crippen LogP contribution is -2.24. The van der Waals surface area contributed by atoms with Gasteiger partial charge in [-0.15, -0.1) is 10.1 Å². The number of carbonyl (C=O) groups excluding carboxylic acids is 1. The summed E-state index contributed by atoms with van der Waals surface area (Å²) < 4.78 is 49.6. The average Bonchev–Trinajstić information content (AvgIpc) is 3.16. The number of halogens is 3. The molecule has 3 atom stereocenters. The van der Waals surface area contributed by atoms with E-state index in [0.717, 1.165) is 25.0 Å². The van der Waals surface area contributed by atoms with E-state index < -0.39 is 35.0 Å². The van der Waals surface area contributed by atoms with Gasteiger partial charge >= 0.3 is 12.1 Å². The van der Waals surface area contributed by atoms with Crippen molar-refractivity contribution in [1.29, 1.82) is 0 Å². The van der Waals surface area contributed by atoms with Gasteiger partial charge in [-0.1, -0.05) is 25.0 Å². The van der Waals surface area contributed by atoms with Crippen LogP contribution in [0.15, 0.2) is 36.4 Å². The van der Waals surface area contributed by atoms with Gasteiger partial charge in [0.05, 0.1) is 18.3 Å². The van der Waals surface area contributed by atoms with E-state index in [1.807, 2.05) is 0 Å². The number of carbonyl (C=O) groups is 1. The molecule has 3 unspecified atom stereocenters. The van der Waals surface area contributed by atoms with Crippen LogP contribution in [0, 0.1) is 16.0 Å². The number of rotatable bonds is 13. The van der Waals surface area contributed by atoms with Crippen LogP contribution in [-0.4, -0.2) is 41.6 Å². The lowest BCUT2D eigenvalue weighted by molar-refractivity contribution is -0.757. The maximum atomic E-state index is 12.9. The fourth-order valence-electron chi connectivity index (χ4n) is 3.44. The van der Waals surface area contributed by atoms with E-state index in [2.05, 4.69) is 4.84 Å². The quantitative estimate of drug-likeness (QED) is 0.147. The number of aliphatic hydroxyl groups excluding tert-OH is 1. The number of unbranched alkanes of at least 4 members (excludes halogenated alkanes) is 2. The van der Waals surface area contributed by atoms with Crippen LogP contribution in [0.2, 0.25) is 0 Å². The van der Waals surface area contributed by atoms with E-state index in [1.165, 1.54) is 12.1 Å². The molecule has 11 heteroatoms. The van der Waals surface area contributed by atoms with Crippen molar-refractivity contribution in [2.75, 3.05) is 13.2 Å². The molecule has 1 aliphatic rings.